The van der Waals surface area contributed by atoms with Crippen LogP contribution in [-0.4, -0.2) is 45.5 Å². The molecule has 1 saturated carbocycles. The highest BCUT2D eigenvalue weighted by molar-refractivity contribution is 6.21. The lowest BCUT2D eigenvalue weighted by molar-refractivity contribution is 0.0407. The number of fused-ring (bicyclic) bond motifs is 1. The fraction of sp³-hybridized carbons (Fsp3) is 0.357. The number of carboxylic acid groups (broad SMARTS) is 1. The maximum atomic E-state index is 12.2. The molecule has 3 rings (SSSR count). The molecule has 0 spiro atoms. The van der Waals surface area contributed by atoms with Gasteiger partial charge in [0.25, 0.3) is 11.8 Å². The molecule has 3 amide bonds. The van der Waals surface area contributed by atoms with Crippen molar-refractivity contribution in [3.8, 4) is 0 Å². The van der Waals surface area contributed by atoms with Crippen molar-refractivity contribution in [3.05, 3.63) is 35.4 Å². The predicted octanol–water partition coefficient (Wildman–Crippen LogP) is 1.77. The van der Waals surface area contributed by atoms with E-state index in [0.717, 1.165) is 24.2 Å². The Morgan fingerprint density at radius 1 is 1.20 bits per heavy atom. The molecule has 1 N–H and O–H groups in total. The average Bonchev–Trinajstić information content (AvgIpc) is 2.61. The van der Waals surface area contributed by atoms with Crippen LogP contribution in [-0.2, 0) is 0 Å². The normalized spacial score (nSPS) is 17.9. The zero-order valence-corrected chi connectivity index (χ0v) is 10.8. The summed E-state index contributed by atoms with van der Waals surface area (Å²) in [4.78, 5) is 37.8. The first-order valence-electron chi connectivity index (χ1n) is 6.54. The smallest absolute Gasteiger partial charge is 0.408 e. The Labute approximate surface area is 115 Å². The number of imide groups is 1. The number of rotatable bonds is 3. The van der Waals surface area contributed by atoms with Crippen LogP contribution in [0.2, 0.25) is 0 Å². The number of benzene rings is 1. The van der Waals surface area contributed by atoms with E-state index in [0.29, 0.717) is 11.1 Å². The van der Waals surface area contributed by atoms with Gasteiger partial charge in [-0.25, -0.2) is 4.79 Å². The number of carbonyl (C=O) groups excluding carboxylic acids is 2. The lowest BCUT2D eigenvalue weighted by Gasteiger charge is -2.37. The summed E-state index contributed by atoms with van der Waals surface area (Å²) in [7, 11) is 0. The van der Waals surface area contributed by atoms with Gasteiger partial charge in [0.05, 0.1) is 11.1 Å². The molecule has 1 aliphatic carbocycles. The van der Waals surface area contributed by atoms with Crippen LogP contribution in [0.1, 0.15) is 40.0 Å². The Morgan fingerprint density at radius 2 is 1.75 bits per heavy atom. The van der Waals surface area contributed by atoms with E-state index in [2.05, 4.69) is 0 Å². The van der Waals surface area contributed by atoms with E-state index in [1.165, 1.54) is 4.90 Å². The maximum absolute atomic E-state index is 12.2. The van der Waals surface area contributed by atoms with Gasteiger partial charge in [0.15, 0.2) is 0 Å². The van der Waals surface area contributed by atoms with E-state index in [-0.39, 0.29) is 12.7 Å². The SMILES string of the molecule is O=C1c2ccccc2C(=O)N1CN(C(=O)O)C1CCC1. The third kappa shape index (κ3) is 1.84. The van der Waals surface area contributed by atoms with Crippen LogP contribution in [0.5, 0.6) is 0 Å². The molecule has 2 aliphatic rings. The van der Waals surface area contributed by atoms with Crippen LogP contribution in [0.25, 0.3) is 0 Å². The first-order chi connectivity index (χ1) is 9.59. The van der Waals surface area contributed by atoms with Crippen LogP contribution in [0, 0.1) is 0 Å². The van der Waals surface area contributed by atoms with E-state index in [1.807, 2.05) is 0 Å². The standard InChI is InChI=1S/C14H14N2O4/c17-12-10-6-1-2-7-11(10)13(18)16(12)8-15(14(19)20)9-4-3-5-9/h1-2,6-7,9H,3-5,8H2,(H,19,20). The summed E-state index contributed by atoms with van der Waals surface area (Å²) in [5.41, 5.74) is 0.688. The predicted molar refractivity (Wildman–Crippen MR) is 69.3 cm³/mol. The van der Waals surface area contributed by atoms with E-state index in [1.54, 1.807) is 24.3 Å². The molecule has 0 saturated heterocycles. The van der Waals surface area contributed by atoms with Gasteiger partial charge in [0, 0.05) is 6.04 Å². The molecule has 1 fully saturated rings. The minimum Gasteiger partial charge on any atom is -0.465 e. The van der Waals surface area contributed by atoms with Gasteiger partial charge in [0.2, 0.25) is 0 Å². The summed E-state index contributed by atoms with van der Waals surface area (Å²) in [6.07, 6.45) is 1.47. The molecular formula is C14H14N2O4. The van der Waals surface area contributed by atoms with Crippen LogP contribution in [0.15, 0.2) is 24.3 Å². The second kappa shape index (κ2) is 4.63. The van der Waals surface area contributed by atoms with Gasteiger partial charge in [-0.3, -0.25) is 19.4 Å². The number of nitrogens with zero attached hydrogens (tertiary/aromatic N) is 2. The molecule has 0 atom stereocenters. The van der Waals surface area contributed by atoms with Gasteiger partial charge >= 0.3 is 6.09 Å². The van der Waals surface area contributed by atoms with Crippen molar-refractivity contribution < 1.29 is 19.5 Å². The summed E-state index contributed by atoms with van der Waals surface area (Å²) >= 11 is 0. The summed E-state index contributed by atoms with van der Waals surface area (Å²) in [6, 6.07) is 6.47. The van der Waals surface area contributed by atoms with Crippen molar-refractivity contribution in [2.45, 2.75) is 25.3 Å². The molecule has 6 heteroatoms. The largest absolute Gasteiger partial charge is 0.465 e. The van der Waals surface area contributed by atoms with E-state index in [4.69, 9.17) is 0 Å². The Kier molecular flexibility index (Phi) is 2.93. The molecule has 104 valence electrons. The Bertz CT molecular complexity index is 560. The summed E-state index contributed by atoms with van der Waals surface area (Å²) in [5.74, 6) is -0.840. The molecule has 0 aromatic heterocycles. The fourth-order valence-corrected chi connectivity index (χ4v) is 2.55. The lowest BCUT2D eigenvalue weighted by Crippen LogP contribution is -2.50. The van der Waals surface area contributed by atoms with Gasteiger partial charge in [-0.05, 0) is 31.4 Å². The monoisotopic (exact) mass is 274 g/mol. The highest BCUT2D eigenvalue weighted by Crippen LogP contribution is 2.28. The Morgan fingerprint density at radius 3 is 2.15 bits per heavy atom. The summed E-state index contributed by atoms with van der Waals surface area (Å²) < 4.78 is 0. The van der Waals surface area contributed by atoms with E-state index < -0.39 is 17.9 Å². The molecule has 1 aromatic carbocycles. The lowest BCUT2D eigenvalue weighted by atomic mass is 9.92. The van der Waals surface area contributed by atoms with Crippen molar-refractivity contribution in [1.82, 2.24) is 9.80 Å². The molecule has 0 radical (unpaired) electrons. The quantitative estimate of drug-likeness (QED) is 0.852. The van der Waals surface area contributed by atoms with Gasteiger partial charge < -0.3 is 5.11 Å². The highest BCUT2D eigenvalue weighted by atomic mass is 16.4. The van der Waals surface area contributed by atoms with Crippen LogP contribution in [0.4, 0.5) is 4.79 Å². The molecule has 0 unspecified atom stereocenters. The molecule has 1 heterocycles. The van der Waals surface area contributed by atoms with Gasteiger partial charge in [-0.2, -0.15) is 0 Å². The van der Waals surface area contributed by atoms with Crippen LogP contribution < -0.4 is 0 Å². The second-order valence-corrected chi connectivity index (χ2v) is 5.06. The second-order valence-electron chi connectivity index (χ2n) is 5.06. The van der Waals surface area contributed by atoms with Crippen LogP contribution in [0.3, 0.4) is 0 Å². The number of hydrogen-bond donors (Lipinski definition) is 1. The van der Waals surface area contributed by atoms with Gasteiger partial charge in [0.1, 0.15) is 6.67 Å². The van der Waals surface area contributed by atoms with Crippen LogP contribution >= 0.6 is 0 Å². The number of amides is 3. The molecule has 1 aliphatic heterocycles. The van der Waals surface area contributed by atoms with Gasteiger partial charge in [-0.15, -0.1) is 0 Å². The highest BCUT2D eigenvalue weighted by Gasteiger charge is 2.39. The summed E-state index contributed by atoms with van der Waals surface area (Å²) in [5, 5.41) is 9.24. The third-order valence-corrected chi connectivity index (χ3v) is 3.93. The minimum atomic E-state index is -1.09. The molecule has 6 nitrogen and oxygen atoms in total. The first kappa shape index (κ1) is 12.7. The molecule has 1 aromatic rings. The number of carbonyl (C=O) groups is 3. The maximum Gasteiger partial charge on any atom is 0.408 e. The minimum absolute atomic E-state index is 0.0863. The third-order valence-electron chi connectivity index (χ3n) is 3.93. The van der Waals surface area contributed by atoms with Crippen molar-refractivity contribution >= 4 is 17.9 Å². The fourth-order valence-electron chi connectivity index (χ4n) is 2.55. The average molecular weight is 274 g/mol. The van der Waals surface area contributed by atoms with Crippen molar-refractivity contribution in [2.24, 2.45) is 0 Å². The van der Waals surface area contributed by atoms with Crippen molar-refractivity contribution in [1.29, 1.82) is 0 Å². The Hall–Kier alpha value is -2.37. The molecule has 0 bridgehead atoms. The number of hydrogen-bond acceptors (Lipinski definition) is 3. The zero-order chi connectivity index (χ0) is 14.3. The van der Waals surface area contributed by atoms with E-state index >= 15 is 0 Å². The van der Waals surface area contributed by atoms with Gasteiger partial charge in [-0.1, -0.05) is 12.1 Å². The first-order valence-corrected chi connectivity index (χ1v) is 6.54. The Balaban J connectivity index is 1.83. The molecule has 20 heavy (non-hydrogen) atoms. The van der Waals surface area contributed by atoms with E-state index in [9.17, 15) is 19.5 Å². The molecular weight excluding hydrogens is 260 g/mol. The van der Waals surface area contributed by atoms with Crippen molar-refractivity contribution in [2.75, 3.05) is 6.67 Å². The zero-order valence-electron chi connectivity index (χ0n) is 10.8. The summed E-state index contributed by atoms with van der Waals surface area (Å²) in [6.45, 7) is -0.188. The van der Waals surface area contributed by atoms with Crippen molar-refractivity contribution in [3.63, 3.8) is 0 Å². The topological polar surface area (TPSA) is 77.9 Å².